The summed E-state index contributed by atoms with van der Waals surface area (Å²) in [6.07, 6.45) is 0. The standard InChI is InChI=1S/C14H13N5O2/c1-9-6-7-13(21)19(18-9)8-12(20)17-14-15-10-4-2-3-5-11(10)16-14/h2-7H,8H2,1H3,(H2,15,16,17,20). The van der Waals surface area contributed by atoms with Gasteiger partial charge in [0.15, 0.2) is 0 Å². The van der Waals surface area contributed by atoms with Crippen LogP contribution in [0.1, 0.15) is 5.69 Å². The predicted molar refractivity (Wildman–Crippen MR) is 78.0 cm³/mol. The molecule has 0 spiro atoms. The number of H-pyrrole nitrogens is 1. The molecule has 0 aliphatic heterocycles. The normalized spacial score (nSPS) is 10.7. The number of aromatic nitrogens is 4. The van der Waals surface area contributed by atoms with Crippen molar-refractivity contribution < 1.29 is 4.79 Å². The Labute approximate surface area is 119 Å². The first kappa shape index (κ1) is 13.0. The molecule has 0 fully saturated rings. The summed E-state index contributed by atoms with van der Waals surface area (Å²) in [4.78, 5) is 30.8. The zero-order valence-electron chi connectivity index (χ0n) is 11.3. The van der Waals surface area contributed by atoms with Gasteiger partial charge in [-0.15, -0.1) is 0 Å². The molecule has 0 unspecified atom stereocenters. The van der Waals surface area contributed by atoms with Crippen LogP contribution in [0.4, 0.5) is 5.95 Å². The summed E-state index contributed by atoms with van der Waals surface area (Å²) in [6.45, 7) is 1.60. The van der Waals surface area contributed by atoms with Gasteiger partial charge in [0.2, 0.25) is 11.9 Å². The van der Waals surface area contributed by atoms with Crippen molar-refractivity contribution in [1.82, 2.24) is 19.7 Å². The molecule has 0 atom stereocenters. The van der Waals surface area contributed by atoms with Gasteiger partial charge in [0.1, 0.15) is 6.54 Å². The lowest BCUT2D eigenvalue weighted by atomic mass is 10.3. The van der Waals surface area contributed by atoms with Gasteiger partial charge in [0.25, 0.3) is 5.56 Å². The molecule has 2 N–H and O–H groups in total. The smallest absolute Gasteiger partial charge is 0.267 e. The maximum absolute atomic E-state index is 12.0. The number of anilines is 1. The van der Waals surface area contributed by atoms with E-state index in [2.05, 4.69) is 20.4 Å². The Morgan fingerprint density at radius 2 is 2.10 bits per heavy atom. The second-order valence-corrected chi connectivity index (χ2v) is 4.62. The molecule has 0 saturated carbocycles. The molecule has 3 rings (SSSR count). The maximum atomic E-state index is 12.0. The zero-order chi connectivity index (χ0) is 14.8. The first-order chi connectivity index (χ1) is 10.1. The van der Waals surface area contributed by atoms with E-state index in [1.807, 2.05) is 24.3 Å². The number of rotatable bonds is 3. The SMILES string of the molecule is Cc1ccc(=O)n(CC(=O)Nc2nc3ccccc3[nH]2)n1. The molecule has 7 heteroatoms. The van der Waals surface area contributed by atoms with E-state index < -0.39 is 0 Å². The van der Waals surface area contributed by atoms with Crippen LogP contribution in [0.15, 0.2) is 41.2 Å². The first-order valence-corrected chi connectivity index (χ1v) is 6.41. The molecular formula is C14H13N5O2. The van der Waals surface area contributed by atoms with Crippen molar-refractivity contribution in [1.29, 1.82) is 0 Å². The van der Waals surface area contributed by atoms with Crippen LogP contribution < -0.4 is 10.9 Å². The minimum atomic E-state index is -0.366. The van der Waals surface area contributed by atoms with E-state index in [4.69, 9.17) is 0 Å². The number of aromatic amines is 1. The van der Waals surface area contributed by atoms with Gasteiger partial charge in [0, 0.05) is 6.07 Å². The Balaban J connectivity index is 1.77. The zero-order valence-corrected chi connectivity index (χ0v) is 11.3. The molecule has 21 heavy (non-hydrogen) atoms. The fraction of sp³-hybridized carbons (Fsp3) is 0.143. The number of fused-ring (bicyclic) bond motifs is 1. The minimum Gasteiger partial charge on any atom is -0.324 e. The number of hydrogen-bond acceptors (Lipinski definition) is 4. The Morgan fingerprint density at radius 3 is 2.90 bits per heavy atom. The number of carbonyl (C=O) groups excluding carboxylic acids is 1. The van der Waals surface area contributed by atoms with E-state index in [9.17, 15) is 9.59 Å². The number of para-hydroxylation sites is 2. The summed E-state index contributed by atoms with van der Waals surface area (Å²) < 4.78 is 1.12. The maximum Gasteiger partial charge on any atom is 0.267 e. The van der Waals surface area contributed by atoms with Gasteiger partial charge in [-0.25, -0.2) is 9.67 Å². The third-order valence-electron chi connectivity index (χ3n) is 2.94. The molecule has 2 aromatic heterocycles. The number of nitrogens with one attached hydrogen (secondary N) is 2. The van der Waals surface area contributed by atoms with Gasteiger partial charge in [-0.1, -0.05) is 12.1 Å². The lowest BCUT2D eigenvalue weighted by molar-refractivity contribution is -0.117. The Kier molecular flexibility index (Phi) is 3.23. The van der Waals surface area contributed by atoms with Crippen LogP contribution in [-0.2, 0) is 11.3 Å². The van der Waals surface area contributed by atoms with E-state index in [-0.39, 0.29) is 18.0 Å². The number of aryl methyl sites for hydroxylation is 1. The average Bonchev–Trinajstić information content (AvgIpc) is 2.84. The summed E-state index contributed by atoms with van der Waals surface area (Å²) in [7, 11) is 0. The third kappa shape index (κ3) is 2.81. The minimum absolute atomic E-state index is 0.155. The number of amides is 1. The summed E-state index contributed by atoms with van der Waals surface area (Å²) >= 11 is 0. The molecular weight excluding hydrogens is 270 g/mol. The first-order valence-electron chi connectivity index (χ1n) is 6.41. The third-order valence-corrected chi connectivity index (χ3v) is 2.94. The van der Waals surface area contributed by atoms with Crippen molar-refractivity contribution in [3.05, 3.63) is 52.4 Å². The predicted octanol–water partition coefficient (Wildman–Crippen LogP) is 1.07. The fourth-order valence-corrected chi connectivity index (χ4v) is 1.98. The fourth-order valence-electron chi connectivity index (χ4n) is 1.98. The molecule has 0 saturated heterocycles. The van der Waals surface area contributed by atoms with Crippen LogP contribution in [-0.4, -0.2) is 25.7 Å². The van der Waals surface area contributed by atoms with Crippen LogP contribution in [0.3, 0.4) is 0 Å². The van der Waals surface area contributed by atoms with E-state index >= 15 is 0 Å². The molecule has 1 aromatic carbocycles. The second kappa shape index (κ2) is 5.20. The van der Waals surface area contributed by atoms with Gasteiger partial charge in [-0.2, -0.15) is 5.10 Å². The van der Waals surface area contributed by atoms with Gasteiger partial charge in [0.05, 0.1) is 16.7 Å². The average molecular weight is 283 g/mol. The summed E-state index contributed by atoms with van der Waals surface area (Å²) in [5, 5.41) is 6.63. The Morgan fingerprint density at radius 1 is 1.29 bits per heavy atom. The summed E-state index contributed by atoms with van der Waals surface area (Å²) in [5.41, 5.74) is 1.95. The molecule has 106 valence electrons. The van der Waals surface area contributed by atoms with Crippen molar-refractivity contribution in [3.8, 4) is 0 Å². The van der Waals surface area contributed by atoms with E-state index in [1.54, 1.807) is 13.0 Å². The highest BCUT2D eigenvalue weighted by Crippen LogP contribution is 2.12. The molecule has 0 aliphatic rings. The van der Waals surface area contributed by atoms with Crippen molar-refractivity contribution in [2.24, 2.45) is 0 Å². The quantitative estimate of drug-likeness (QED) is 0.752. The van der Waals surface area contributed by atoms with Crippen molar-refractivity contribution in [3.63, 3.8) is 0 Å². The highest BCUT2D eigenvalue weighted by molar-refractivity contribution is 5.90. The molecule has 0 bridgehead atoms. The molecule has 2 heterocycles. The molecule has 3 aromatic rings. The van der Waals surface area contributed by atoms with Gasteiger partial charge in [-0.3, -0.25) is 14.9 Å². The van der Waals surface area contributed by atoms with Crippen LogP contribution >= 0.6 is 0 Å². The van der Waals surface area contributed by atoms with Crippen LogP contribution in [0.25, 0.3) is 11.0 Å². The summed E-state index contributed by atoms with van der Waals surface area (Å²) in [5.74, 6) is -0.0174. The molecule has 0 aliphatic carbocycles. The number of nitrogens with zero attached hydrogens (tertiary/aromatic N) is 3. The van der Waals surface area contributed by atoms with Crippen molar-refractivity contribution in [2.45, 2.75) is 13.5 Å². The highest BCUT2D eigenvalue weighted by Gasteiger charge is 2.09. The monoisotopic (exact) mass is 283 g/mol. The number of hydrogen-bond donors (Lipinski definition) is 2. The van der Waals surface area contributed by atoms with Crippen molar-refractivity contribution in [2.75, 3.05) is 5.32 Å². The van der Waals surface area contributed by atoms with Crippen LogP contribution in [0.5, 0.6) is 0 Å². The number of benzene rings is 1. The molecule has 7 nitrogen and oxygen atoms in total. The van der Waals surface area contributed by atoms with Gasteiger partial charge >= 0.3 is 0 Å². The van der Waals surface area contributed by atoms with Gasteiger partial charge < -0.3 is 4.98 Å². The number of carbonyl (C=O) groups is 1. The Hall–Kier alpha value is -2.96. The van der Waals surface area contributed by atoms with Crippen LogP contribution in [0.2, 0.25) is 0 Å². The van der Waals surface area contributed by atoms with Crippen LogP contribution in [0, 0.1) is 6.92 Å². The van der Waals surface area contributed by atoms with Gasteiger partial charge in [-0.05, 0) is 25.1 Å². The Bertz CT molecular complexity index is 832. The van der Waals surface area contributed by atoms with E-state index in [1.165, 1.54) is 6.07 Å². The number of imidazole rings is 1. The highest BCUT2D eigenvalue weighted by atomic mass is 16.2. The van der Waals surface area contributed by atoms with Crippen molar-refractivity contribution >= 4 is 22.9 Å². The topological polar surface area (TPSA) is 92.7 Å². The second-order valence-electron chi connectivity index (χ2n) is 4.62. The lowest BCUT2D eigenvalue weighted by Crippen LogP contribution is -2.29. The van der Waals surface area contributed by atoms with E-state index in [0.29, 0.717) is 11.6 Å². The molecule has 0 radical (unpaired) electrons. The largest absolute Gasteiger partial charge is 0.324 e. The summed E-state index contributed by atoms with van der Waals surface area (Å²) in [6, 6.07) is 10.4. The van der Waals surface area contributed by atoms with E-state index in [0.717, 1.165) is 15.7 Å². The molecule has 1 amide bonds. The lowest BCUT2D eigenvalue weighted by Gasteiger charge is -2.04.